The number of hydrogen-bond acceptors (Lipinski definition) is 5. The van der Waals surface area contributed by atoms with E-state index in [1.165, 1.54) is 24.3 Å². The zero-order valence-electron chi connectivity index (χ0n) is 9.92. The maximum absolute atomic E-state index is 11.5. The van der Waals surface area contributed by atoms with Crippen molar-refractivity contribution in [1.82, 2.24) is 0 Å². The molecule has 5 N–H and O–H groups in total. The normalized spacial score (nSPS) is 9.47. The Bertz CT molecular complexity index is 472. The molecule has 0 aliphatic carbocycles. The van der Waals surface area contributed by atoms with Crippen LogP contribution in [0.5, 0.6) is 0 Å². The van der Waals surface area contributed by atoms with Crippen molar-refractivity contribution in [3.63, 3.8) is 0 Å². The van der Waals surface area contributed by atoms with Crippen LogP contribution in [0.3, 0.4) is 0 Å². The van der Waals surface area contributed by atoms with Gasteiger partial charge in [-0.1, -0.05) is 0 Å². The van der Waals surface area contributed by atoms with E-state index in [1.807, 2.05) is 0 Å². The summed E-state index contributed by atoms with van der Waals surface area (Å²) < 4.78 is 9.21. The Hall–Kier alpha value is -2.77. The Balaban J connectivity index is 2.44. The first-order chi connectivity index (χ1) is 8.99. The van der Waals surface area contributed by atoms with Gasteiger partial charge in [0.2, 0.25) is 0 Å². The molecule has 1 aromatic rings. The van der Waals surface area contributed by atoms with E-state index >= 15 is 0 Å². The van der Waals surface area contributed by atoms with Crippen LogP contribution < -0.4 is 16.8 Å². The molecule has 0 radical (unpaired) electrons. The van der Waals surface area contributed by atoms with Gasteiger partial charge in [0.05, 0.1) is 5.56 Å². The number of anilines is 1. The summed E-state index contributed by atoms with van der Waals surface area (Å²) in [6, 6.07) is 5.23. The molecule has 1 rings (SSSR count). The zero-order chi connectivity index (χ0) is 14.3. The van der Waals surface area contributed by atoms with E-state index in [1.54, 1.807) is 0 Å². The lowest BCUT2D eigenvalue weighted by molar-refractivity contribution is 0.0408. The van der Waals surface area contributed by atoms with Crippen LogP contribution in [0.1, 0.15) is 10.4 Å². The van der Waals surface area contributed by atoms with Gasteiger partial charge in [-0.15, -0.1) is 0 Å². The predicted octanol–water partition coefficient (Wildman–Crippen LogP) is 0.429. The second-order valence-electron chi connectivity index (χ2n) is 3.37. The first-order valence-corrected chi connectivity index (χ1v) is 5.25. The van der Waals surface area contributed by atoms with E-state index in [2.05, 4.69) is 10.1 Å². The summed E-state index contributed by atoms with van der Waals surface area (Å²) in [5.41, 5.74) is 10.4. The summed E-state index contributed by atoms with van der Waals surface area (Å²) in [5, 5.41) is 2.35. The van der Waals surface area contributed by atoms with E-state index in [-0.39, 0.29) is 18.8 Å². The molecule has 0 unspecified atom stereocenters. The number of nitrogens with one attached hydrogen (secondary N) is 1. The lowest BCUT2D eigenvalue weighted by atomic mass is 10.2. The first kappa shape index (κ1) is 14.3. The average Bonchev–Trinajstić information content (AvgIpc) is 2.34. The van der Waals surface area contributed by atoms with Gasteiger partial charge in [-0.2, -0.15) is 0 Å². The monoisotopic (exact) mass is 267 g/mol. The Morgan fingerprint density at radius 2 is 1.58 bits per heavy atom. The third-order valence-electron chi connectivity index (χ3n) is 1.95. The van der Waals surface area contributed by atoms with Gasteiger partial charge in [0.1, 0.15) is 13.2 Å². The minimum absolute atomic E-state index is 0.0942. The molecule has 102 valence electrons. The number of benzene rings is 1. The molecule has 19 heavy (non-hydrogen) atoms. The summed E-state index contributed by atoms with van der Waals surface area (Å²) in [7, 11) is 0. The summed E-state index contributed by atoms with van der Waals surface area (Å²) >= 11 is 0. The number of rotatable bonds is 5. The molecular formula is C11H13N3O5. The fourth-order valence-corrected chi connectivity index (χ4v) is 1.19. The standard InChI is InChI=1S/C11H13N3O5/c12-10(16)14-8-3-1-7(2-4-8)9(15)18-5-6-19-11(13)17/h1-4H,5-6H2,(H2,13,17)(H3,12,14,16). The third kappa shape index (κ3) is 5.39. The summed E-state index contributed by atoms with van der Waals surface area (Å²) in [4.78, 5) is 32.4. The topological polar surface area (TPSA) is 134 Å². The smallest absolute Gasteiger partial charge is 0.404 e. The van der Waals surface area contributed by atoms with Crippen LogP contribution in [0.4, 0.5) is 15.3 Å². The Morgan fingerprint density at radius 3 is 2.11 bits per heavy atom. The molecule has 0 aromatic heterocycles. The van der Waals surface area contributed by atoms with Gasteiger partial charge in [0.15, 0.2) is 0 Å². The maximum atomic E-state index is 11.5. The largest absolute Gasteiger partial charge is 0.458 e. The highest BCUT2D eigenvalue weighted by molar-refractivity contribution is 5.91. The van der Waals surface area contributed by atoms with E-state index in [0.717, 1.165) is 0 Å². The van der Waals surface area contributed by atoms with Gasteiger partial charge in [-0.25, -0.2) is 14.4 Å². The highest BCUT2D eigenvalue weighted by atomic mass is 16.6. The molecule has 0 bridgehead atoms. The van der Waals surface area contributed by atoms with Gasteiger partial charge in [-0.3, -0.25) is 0 Å². The molecule has 0 atom stereocenters. The SMILES string of the molecule is NC(=O)Nc1ccc(C(=O)OCCOC(N)=O)cc1. The van der Waals surface area contributed by atoms with Crippen LogP contribution in [-0.2, 0) is 9.47 Å². The second-order valence-corrected chi connectivity index (χ2v) is 3.37. The molecular weight excluding hydrogens is 254 g/mol. The number of ether oxygens (including phenoxy) is 2. The average molecular weight is 267 g/mol. The molecule has 8 nitrogen and oxygen atoms in total. The number of carbonyl (C=O) groups excluding carboxylic acids is 3. The van der Waals surface area contributed by atoms with Crippen molar-refractivity contribution in [2.45, 2.75) is 0 Å². The predicted molar refractivity (Wildman–Crippen MR) is 65.5 cm³/mol. The summed E-state index contributed by atoms with van der Waals surface area (Å²) in [5.74, 6) is -0.585. The van der Waals surface area contributed by atoms with E-state index in [9.17, 15) is 14.4 Å². The molecule has 3 amide bonds. The highest BCUT2D eigenvalue weighted by Crippen LogP contribution is 2.10. The maximum Gasteiger partial charge on any atom is 0.404 e. The van der Waals surface area contributed by atoms with Crippen LogP contribution in [0.15, 0.2) is 24.3 Å². The number of urea groups is 1. The van der Waals surface area contributed by atoms with Crippen LogP contribution in [0.2, 0.25) is 0 Å². The quantitative estimate of drug-likeness (QED) is 0.525. The lowest BCUT2D eigenvalue weighted by Crippen LogP contribution is -2.19. The Morgan fingerprint density at radius 1 is 1.00 bits per heavy atom. The van der Waals surface area contributed by atoms with Crippen LogP contribution in [0, 0.1) is 0 Å². The van der Waals surface area contributed by atoms with E-state index in [4.69, 9.17) is 16.2 Å². The van der Waals surface area contributed by atoms with E-state index in [0.29, 0.717) is 5.69 Å². The number of nitrogens with two attached hydrogens (primary N) is 2. The molecule has 0 fully saturated rings. The van der Waals surface area contributed by atoms with Crippen LogP contribution in [-0.4, -0.2) is 31.3 Å². The molecule has 1 aromatic carbocycles. The van der Waals surface area contributed by atoms with E-state index < -0.39 is 18.1 Å². The summed E-state index contributed by atoms with van der Waals surface area (Å²) in [6.07, 6.45) is -0.932. The Kier molecular flexibility index (Phi) is 5.15. The molecule has 0 saturated carbocycles. The third-order valence-corrected chi connectivity index (χ3v) is 1.95. The number of hydrogen-bond donors (Lipinski definition) is 3. The fraction of sp³-hybridized carbons (Fsp3) is 0.182. The van der Waals surface area contributed by atoms with Crippen molar-refractivity contribution in [3.8, 4) is 0 Å². The van der Waals surface area contributed by atoms with Gasteiger partial charge < -0.3 is 26.3 Å². The van der Waals surface area contributed by atoms with Gasteiger partial charge in [-0.05, 0) is 24.3 Å². The highest BCUT2D eigenvalue weighted by Gasteiger charge is 2.07. The van der Waals surface area contributed by atoms with Gasteiger partial charge in [0.25, 0.3) is 0 Å². The van der Waals surface area contributed by atoms with Crippen molar-refractivity contribution in [1.29, 1.82) is 0 Å². The first-order valence-electron chi connectivity index (χ1n) is 5.25. The number of esters is 1. The minimum atomic E-state index is -0.932. The van der Waals surface area contributed by atoms with Crippen molar-refractivity contribution in [2.24, 2.45) is 11.5 Å². The molecule has 0 saturated heterocycles. The van der Waals surface area contributed by atoms with Gasteiger partial charge >= 0.3 is 18.1 Å². The van der Waals surface area contributed by atoms with Crippen molar-refractivity contribution < 1.29 is 23.9 Å². The molecule has 0 spiro atoms. The number of amides is 3. The molecule has 0 aliphatic rings. The molecule has 0 aliphatic heterocycles. The number of carbonyl (C=O) groups is 3. The fourth-order valence-electron chi connectivity index (χ4n) is 1.19. The molecule has 8 heteroatoms. The molecule has 0 heterocycles. The lowest BCUT2D eigenvalue weighted by Gasteiger charge is -2.06. The summed E-state index contributed by atoms with van der Waals surface area (Å²) in [6.45, 7) is -0.203. The van der Waals surface area contributed by atoms with Crippen molar-refractivity contribution in [3.05, 3.63) is 29.8 Å². The van der Waals surface area contributed by atoms with Crippen molar-refractivity contribution >= 4 is 23.8 Å². The Labute approximate surface area is 108 Å². The second kappa shape index (κ2) is 6.84. The zero-order valence-corrected chi connectivity index (χ0v) is 9.92. The van der Waals surface area contributed by atoms with Crippen molar-refractivity contribution in [2.75, 3.05) is 18.5 Å². The number of primary amides is 2. The minimum Gasteiger partial charge on any atom is -0.458 e. The van der Waals surface area contributed by atoms with Gasteiger partial charge in [0, 0.05) is 5.69 Å². The van der Waals surface area contributed by atoms with Crippen LogP contribution >= 0.6 is 0 Å². The van der Waals surface area contributed by atoms with Crippen LogP contribution in [0.25, 0.3) is 0 Å².